The van der Waals surface area contributed by atoms with Gasteiger partial charge >= 0.3 is 5.97 Å². The minimum Gasteiger partial charge on any atom is -0.481 e. The third kappa shape index (κ3) is 6.53. The molecule has 0 aliphatic rings. The van der Waals surface area contributed by atoms with E-state index < -0.39 is 5.97 Å². The molecule has 0 rings (SSSR count). The number of carbonyl (C=O) groups is 1. The van der Waals surface area contributed by atoms with Crippen LogP contribution in [0.5, 0.6) is 0 Å². The summed E-state index contributed by atoms with van der Waals surface area (Å²) in [5.74, 6) is -0.110. The van der Waals surface area contributed by atoms with Gasteiger partial charge in [0.25, 0.3) is 0 Å². The molecule has 2 nitrogen and oxygen atoms in total. The van der Waals surface area contributed by atoms with Crippen molar-refractivity contribution in [2.75, 3.05) is 0 Å². The van der Waals surface area contributed by atoms with E-state index in [-0.39, 0.29) is 5.92 Å². The number of hydrogen-bond acceptors (Lipinski definition) is 1. The molecule has 0 heterocycles. The van der Waals surface area contributed by atoms with E-state index in [1.807, 2.05) is 0 Å². The maximum absolute atomic E-state index is 11.0. The molecule has 0 saturated heterocycles. The Balaban J connectivity index is 4.03. The molecular formula is C13H26O2. The summed E-state index contributed by atoms with van der Waals surface area (Å²) in [5, 5.41) is 9.07. The van der Waals surface area contributed by atoms with E-state index in [9.17, 15) is 4.79 Å². The Morgan fingerprint density at radius 1 is 1.13 bits per heavy atom. The molecule has 0 aromatic rings. The summed E-state index contributed by atoms with van der Waals surface area (Å²) >= 11 is 0. The number of rotatable bonds is 9. The minimum absolute atomic E-state index is 0.114. The fraction of sp³-hybridized carbons (Fsp3) is 0.923. The first-order valence-corrected chi connectivity index (χ1v) is 6.38. The van der Waals surface area contributed by atoms with Gasteiger partial charge in [0, 0.05) is 0 Å². The van der Waals surface area contributed by atoms with Gasteiger partial charge in [0.05, 0.1) is 5.92 Å². The van der Waals surface area contributed by atoms with Crippen molar-refractivity contribution in [3.63, 3.8) is 0 Å². The first kappa shape index (κ1) is 14.5. The highest BCUT2D eigenvalue weighted by atomic mass is 16.4. The summed E-state index contributed by atoms with van der Waals surface area (Å²) in [6, 6.07) is 0. The molecule has 0 aromatic carbocycles. The molecule has 2 unspecified atom stereocenters. The van der Waals surface area contributed by atoms with Gasteiger partial charge in [-0.05, 0) is 18.8 Å². The fourth-order valence-corrected chi connectivity index (χ4v) is 2.07. The van der Waals surface area contributed by atoms with Crippen LogP contribution in [0.15, 0.2) is 0 Å². The lowest BCUT2D eigenvalue weighted by molar-refractivity contribution is -0.142. The Hall–Kier alpha value is -0.530. The van der Waals surface area contributed by atoms with Crippen LogP contribution in [0.4, 0.5) is 0 Å². The first-order valence-electron chi connectivity index (χ1n) is 6.38. The van der Waals surface area contributed by atoms with Crippen LogP contribution in [0.1, 0.15) is 65.7 Å². The van der Waals surface area contributed by atoms with Crippen molar-refractivity contribution in [1.29, 1.82) is 0 Å². The maximum atomic E-state index is 11.0. The maximum Gasteiger partial charge on any atom is 0.306 e. The summed E-state index contributed by atoms with van der Waals surface area (Å²) < 4.78 is 0. The van der Waals surface area contributed by atoms with E-state index in [0.717, 1.165) is 25.7 Å². The zero-order valence-electron chi connectivity index (χ0n) is 10.5. The third-order valence-corrected chi connectivity index (χ3v) is 3.15. The van der Waals surface area contributed by atoms with Crippen LogP contribution in [0, 0.1) is 11.8 Å². The Bertz CT molecular complexity index is 166. The SMILES string of the molecule is CCCCC(CC)CC(CCC)C(=O)O. The van der Waals surface area contributed by atoms with Crippen LogP contribution in [-0.2, 0) is 4.79 Å². The highest BCUT2D eigenvalue weighted by molar-refractivity contribution is 5.69. The van der Waals surface area contributed by atoms with Crippen molar-refractivity contribution in [3.8, 4) is 0 Å². The predicted molar refractivity (Wildman–Crippen MR) is 64.0 cm³/mol. The van der Waals surface area contributed by atoms with Gasteiger partial charge in [-0.15, -0.1) is 0 Å². The van der Waals surface area contributed by atoms with Gasteiger partial charge in [-0.2, -0.15) is 0 Å². The molecule has 2 heteroatoms. The molecule has 2 atom stereocenters. The second kappa shape index (κ2) is 8.75. The molecule has 0 spiro atoms. The Labute approximate surface area is 94.1 Å². The normalized spacial score (nSPS) is 14.9. The standard InChI is InChI=1S/C13H26O2/c1-4-7-9-11(6-3)10-12(8-5-2)13(14)15/h11-12H,4-10H2,1-3H3,(H,14,15). The Kier molecular flexibility index (Phi) is 8.44. The van der Waals surface area contributed by atoms with Gasteiger partial charge in [-0.3, -0.25) is 4.79 Å². The second-order valence-corrected chi connectivity index (χ2v) is 4.48. The van der Waals surface area contributed by atoms with Gasteiger partial charge < -0.3 is 5.11 Å². The van der Waals surface area contributed by atoms with E-state index in [2.05, 4.69) is 20.8 Å². The molecule has 0 aliphatic heterocycles. The topological polar surface area (TPSA) is 37.3 Å². The minimum atomic E-state index is -0.605. The number of hydrogen-bond donors (Lipinski definition) is 1. The van der Waals surface area contributed by atoms with E-state index in [1.54, 1.807) is 0 Å². The lowest BCUT2D eigenvalue weighted by atomic mass is 9.86. The van der Waals surface area contributed by atoms with Crippen molar-refractivity contribution in [2.45, 2.75) is 65.7 Å². The number of aliphatic carboxylic acids is 1. The number of unbranched alkanes of at least 4 members (excludes halogenated alkanes) is 1. The molecule has 0 radical (unpaired) electrons. The van der Waals surface area contributed by atoms with E-state index >= 15 is 0 Å². The van der Waals surface area contributed by atoms with Crippen molar-refractivity contribution < 1.29 is 9.90 Å². The van der Waals surface area contributed by atoms with Crippen LogP contribution in [-0.4, -0.2) is 11.1 Å². The summed E-state index contributed by atoms with van der Waals surface area (Å²) in [6.07, 6.45) is 7.44. The van der Waals surface area contributed by atoms with Gasteiger partial charge in [0.2, 0.25) is 0 Å². The number of carboxylic acid groups (broad SMARTS) is 1. The fourth-order valence-electron chi connectivity index (χ4n) is 2.07. The van der Waals surface area contributed by atoms with Crippen LogP contribution in [0.3, 0.4) is 0 Å². The van der Waals surface area contributed by atoms with E-state index in [0.29, 0.717) is 5.92 Å². The molecule has 0 aromatic heterocycles. The Morgan fingerprint density at radius 2 is 1.80 bits per heavy atom. The molecule has 90 valence electrons. The predicted octanol–water partition coefficient (Wildman–Crippen LogP) is 4.09. The lowest BCUT2D eigenvalue weighted by Gasteiger charge is -2.19. The van der Waals surface area contributed by atoms with Gasteiger partial charge in [0.1, 0.15) is 0 Å². The molecular weight excluding hydrogens is 188 g/mol. The average molecular weight is 214 g/mol. The molecule has 0 bridgehead atoms. The van der Waals surface area contributed by atoms with Crippen molar-refractivity contribution in [1.82, 2.24) is 0 Å². The monoisotopic (exact) mass is 214 g/mol. The van der Waals surface area contributed by atoms with E-state index in [1.165, 1.54) is 19.3 Å². The second-order valence-electron chi connectivity index (χ2n) is 4.48. The Morgan fingerprint density at radius 3 is 2.20 bits per heavy atom. The van der Waals surface area contributed by atoms with Gasteiger partial charge in [-0.1, -0.05) is 52.9 Å². The first-order chi connectivity index (χ1) is 7.15. The average Bonchev–Trinajstić information content (AvgIpc) is 2.22. The highest BCUT2D eigenvalue weighted by Crippen LogP contribution is 2.24. The van der Waals surface area contributed by atoms with Gasteiger partial charge in [0.15, 0.2) is 0 Å². The summed E-state index contributed by atoms with van der Waals surface area (Å²) in [6.45, 7) is 6.42. The molecule has 1 N–H and O–H groups in total. The van der Waals surface area contributed by atoms with Crippen molar-refractivity contribution >= 4 is 5.97 Å². The van der Waals surface area contributed by atoms with Crippen LogP contribution in [0.25, 0.3) is 0 Å². The van der Waals surface area contributed by atoms with Crippen molar-refractivity contribution in [2.24, 2.45) is 11.8 Å². The van der Waals surface area contributed by atoms with Crippen LogP contribution in [0.2, 0.25) is 0 Å². The summed E-state index contributed by atoms with van der Waals surface area (Å²) in [5.41, 5.74) is 0. The zero-order valence-corrected chi connectivity index (χ0v) is 10.5. The molecule has 0 fully saturated rings. The van der Waals surface area contributed by atoms with Crippen LogP contribution < -0.4 is 0 Å². The van der Waals surface area contributed by atoms with E-state index in [4.69, 9.17) is 5.11 Å². The zero-order chi connectivity index (χ0) is 11.7. The quantitative estimate of drug-likeness (QED) is 0.627. The van der Waals surface area contributed by atoms with Crippen molar-refractivity contribution in [3.05, 3.63) is 0 Å². The summed E-state index contributed by atoms with van der Waals surface area (Å²) in [4.78, 5) is 11.0. The number of carboxylic acids is 1. The lowest BCUT2D eigenvalue weighted by Crippen LogP contribution is -2.17. The highest BCUT2D eigenvalue weighted by Gasteiger charge is 2.20. The smallest absolute Gasteiger partial charge is 0.306 e. The largest absolute Gasteiger partial charge is 0.481 e. The molecule has 0 aliphatic carbocycles. The molecule has 0 amide bonds. The summed E-state index contributed by atoms with van der Waals surface area (Å²) in [7, 11) is 0. The third-order valence-electron chi connectivity index (χ3n) is 3.15. The van der Waals surface area contributed by atoms with Gasteiger partial charge in [-0.25, -0.2) is 0 Å². The van der Waals surface area contributed by atoms with Crippen LogP contribution >= 0.6 is 0 Å². The molecule has 15 heavy (non-hydrogen) atoms. The molecule has 0 saturated carbocycles.